The van der Waals surface area contributed by atoms with E-state index in [9.17, 15) is 9.59 Å². The second kappa shape index (κ2) is 6.81. The van der Waals surface area contributed by atoms with E-state index in [2.05, 4.69) is 32.6 Å². The molecule has 25 heavy (non-hydrogen) atoms. The highest BCUT2D eigenvalue weighted by molar-refractivity contribution is 7.09. The fourth-order valence-electron chi connectivity index (χ4n) is 3.11. The van der Waals surface area contributed by atoms with Gasteiger partial charge in [0.25, 0.3) is 5.91 Å². The van der Waals surface area contributed by atoms with Crippen LogP contribution in [0.3, 0.4) is 0 Å². The third-order valence-corrected chi connectivity index (χ3v) is 5.51. The number of H-pyrrole nitrogens is 1. The van der Waals surface area contributed by atoms with Crippen molar-refractivity contribution in [2.45, 2.75) is 6.42 Å². The van der Waals surface area contributed by atoms with Gasteiger partial charge in [0.15, 0.2) is 5.65 Å². The van der Waals surface area contributed by atoms with Crippen LogP contribution < -0.4 is 5.69 Å². The summed E-state index contributed by atoms with van der Waals surface area (Å²) < 4.78 is 1.37. The van der Waals surface area contributed by atoms with Gasteiger partial charge in [0.1, 0.15) is 0 Å². The maximum absolute atomic E-state index is 12.7. The van der Waals surface area contributed by atoms with Gasteiger partial charge in [0, 0.05) is 43.8 Å². The maximum Gasteiger partial charge on any atom is 0.347 e. The van der Waals surface area contributed by atoms with Crippen molar-refractivity contribution in [1.29, 1.82) is 0 Å². The number of aromatic nitrogens is 3. The quantitative estimate of drug-likeness (QED) is 0.758. The van der Waals surface area contributed by atoms with E-state index in [1.54, 1.807) is 29.7 Å². The summed E-state index contributed by atoms with van der Waals surface area (Å²) in [4.78, 5) is 30.0. The van der Waals surface area contributed by atoms with Gasteiger partial charge in [-0.05, 0) is 30.0 Å². The summed E-state index contributed by atoms with van der Waals surface area (Å²) in [5.74, 6) is -0.0343. The minimum atomic E-state index is -0.331. The maximum atomic E-state index is 12.7. The number of fused-ring (bicyclic) bond motifs is 1. The minimum Gasteiger partial charge on any atom is -0.336 e. The second-order valence-electron chi connectivity index (χ2n) is 6.14. The monoisotopic (exact) mass is 357 g/mol. The van der Waals surface area contributed by atoms with E-state index in [-0.39, 0.29) is 11.6 Å². The molecule has 0 spiro atoms. The largest absolute Gasteiger partial charge is 0.347 e. The summed E-state index contributed by atoms with van der Waals surface area (Å²) in [5.41, 5.74) is 0.700. The van der Waals surface area contributed by atoms with Gasteiger partial charge >= 0.3 is 5.69 Å². The summed E-state index contributed by atoms with van der Waals surface area (Å²) in [6.07, 6.45) is 2.62. The SMILES string of the molecule is O=C(c1ccc2n[nH]c(=O)n2c1)N1CCN(CCc2cccs2)CC1. The Morgan fingerprint density at radius 2 is 2.04 bits per heavy atom. The molecule has 0 atom stereocenters. The molecule has 0 aromatic carbocycles. The Labute approximate surface area is 148 Å². The van der Waals surface area contributed by atoms with E-state index in [1.165, 1.54) is 9.28 Å². The predicted molar refractivity (Wildman–Crippen MR) is 96.2 cm³/mol. The number of carbonyl (C=O) groups is 1. The molecule has 1 aliphatic heterocycles. The van der Waals surface area contributed by atoms with Crippen molar-refractivity contribution in [2.75, 3.05) is 32.7 Å². The molecule has 4 rings (SSSR count). The second-order valence-corrected chi connectivity index (χ2v) is 7.17. The molecular weight excluding hydrogens is 338 g/mol. The number of hydrogen-bond donors (Lipinski definition) is 1. The van der Waals surface area contributed by atoms with Crippen LogP contribution >= 0.6 is 11.3 Å². The molecule has 0 bridgehead atoms. The first-order valence-electron chi connectivity index (χ1n) is 8.31. The van der Waals surface area contributed by atoms with E-state index < -0.39 is 0 Å². The highest BCUT2D eigenvalue weighted by Gasteiger charge is 2.22. The molecule has 0 unspecified atom stereocenters. The number of piperazine rings is 1. The van der Waals surface area contributed by atoms with Gasteiger partial charge in [0.05, 0.1) is 5.56 Å². The van der Waals surface area contributed by atoms with Crippen molar-refractivity contribution in [3.63, 3.8) is 0 Å². The topological polar surface area (TPSA) is 73.7 Å². The molecule has 130 valence electrons. The first-order chi connectivity index (χ1) is 12.2. The molecule has 0 saturated carbocycles. The number of aromatic amines is 1. The summed E-state index contributed by atoms with van der Waals surface area (Å²) in [6.45, 7) is 4.21. The molecule has 4 heterocycles. The number of nitrogens with one attached hydrogen (secondary N) is 1. The molecule has 1 amide bonds. The van der Waals surface area contributed by atoms with Crippen molar-refractivity contribution >= 4 is 22.9 Å². The molecule has 8 heteroatoms. The fourth-order valence-corrected chi connectivity index (χ4v) is 3.81. The fraction of sp³-hybridized carbons (Fsp3) is 0.353. The van der Waals surface area contributed by atoms with Crippen LogP contribution in [0.1, 0.15) is 15.2 Å². The van der Waals surface area contributed by atoms with Crippen LogP contribution in [0.25, 0.3) is 5.65 Å². The van der Waals surface area contributed by atoms with Crippen molar-refractivity contribution < 1.29 is 4.79 Å². The average Bonchev–Trinajstić information content (AvgIpc) is 3.30. The number of nitrogens with zero attached hydrogens (tertiary/aromatic N) is 4. The van der Waals surface area contributed by atoms with Crippen molar-refractivity contribution in [3.8, 4) is 0 Å². The zero-order valence-electron chi connectivity index (χ0n) is 13.7. The van der Waals surface area contributed by atoms with E-state index in [4.69, 9.17) is 0 Å². The molecule has 1 aliphatic rings. The lowest BCUT2D eigenvalue weighted by atomic mass is 10.2. The number of rotatable bonds is 4. The number of carbonyl (C=O) groups excluding carboxylic acids is 1. The van der Waals surface area contributed by atoms with Gasteiger partial charge in [0.2, 0.25) is 0 Å². The molecule has 7 nitrogen and oxygen atoms in total. The Balaban J connectivity index is 1.37. The number of thiophene rings is 1. The number of hydrogen-bond acceptors (Lipinski definition) is 5. The molecule has 1 fully saturated rings. The first kappa shape index (κ1) is 16.0. The summed E-state index contributed by atoms with van der Waals surface area (Å²) in [7, 11) is 0. The summed E-state index contributed by atoms with van der Waals surface area (Å²) in [5, 5.41) is 8.36. The lowest BCUT2D eigenvalue weighted by Gasteiger charge is -2.34. The molecule has 0 aliphatic carbocycles. The Hall–Kier alpha value is -2.45. The van der Waals surface area contributed by atoms with Gasteiger partial charge in [-0.15, -0.1) is 11.3 Å². The van der Waals surface area contributed by atoms with E-state index in [0.717, 1.165) is 26.1 Å². The Morgan fingerprint density at radius 1 is 1.20 bits per heavy atom. The van der Waals surface area contributed by atoms with Crippen LogP contribution in [0.15, 0.2) is 40.6 Å². The van der Waals surface area contributed by atoms with Crippen LogP contribution in [0.5, 0.6) is 0 Å². The van der Waals surface area contributed by atoms with Crippen molar-refractivity contribution in [1.82, 2.24) is 24.4 Å². The lowest BCUT2D eigenvalue weighted by molar-refractivity contribution is 0.0638. The minimum absolute atomic E-state index is 0.0343. The molecule has 3 aromatic heterocycles. The zero-order valence-corrected chi connectivity index (χ0v) is 14.5. The van der Waals surface area contributed by atoms with E-state index in [0.29, 0.717) is 24.3 Å². The smallest absolute Gasteiger partial charge is 0.336 e. The van der Waals surface area contributed by atoms with Crippen LogP contribution in [0.4, 0.5) is 0 Å². The van der Waals surface area contributed by atoms with Gasteiger partial charge < -0.3 is 4.90 Å². The third kappa shape index (κ3) is 3.35. The third-order valence-electron chi connectivity index (χ3n) is 4.57. The molecule has 1 saturated heterocycles. The Bertz CT molecular complexity index is 922. The normalized spacial score (nSPS) is 15.8. The standard InChI is InChI=1S/C17H19N5O2S/c23-16(13-3-4-15-18-19-17(24)22(15)12-13)21-9-7-20(8-10-21)6-5-14-2-1-11-25-14/h1-4,11-12H,5-10H2,(H,19,24). The van der Waals surface area contributed by atoms with Gasteiger partial charge in [-0.25, -0.2) is 14.3 Å². The van der Waals surface area contributed by atoms with Crippen LogP contribution in [0, 0.1) is 0 Å². The average molecular weight is 357 g/mol. The predicted octanol–water partition coefficient (Wildman–Crippen LogP) is 1.08. The number of amides is 1. The summed E-state index contributed by atoms with van der Waals surface area (Å²) >= 11 is 1.79. The highest BCUT2D eigenvalue weighted by atomic mass is 32.1. The van der Waals surface area contributed by atoms with Gasteiger partial charge in [-0.3, -0.25) is 9.69 Å². The highest BCUT2D eigenvalue weighted by Crippen LogP contribution is 2.12. The summed E-state index contributed by atoms with van der Waals surface area (Å²) in [6, 6.07) is 7.65. The van der Waals surface area contributed by atoms with Gasteiger partial charge in [-0.2, -0.15) is 5.10 Å². The van der Waals surface area contributed by atoms with Crippen LogP contribution in [0.2, 0.25) is 0 Å². The Morgan fingerprint density at radius 3 is 2.80 bits per heavy atom. The molecule has 0 radical (unpaired) electrons. The van der Waals surface area contributed by atoms with Crippen LogP contribution in [-0.2, 0) is 6.42 Å². The van der Waals surface area contributed by atoms with E-state index >= 15 is 0 Å². The van der Waals surface area contributed by atoms with Crippen molar-refractivity contribution in [3.05, 3.63) is 56.8 Å². The molecular formula is C17H19N5O2S. The number of pyridine rings is 1. The first-order valence-corrected chi connectivity index (χ1v) is 9.19. The van der Waals surface area contributed by atoms with Crippen LogP contribution in [-0.4, -0.2) is 63.0 Å². The Kier molecular flexibility index (Phi) is 4.37. The molecule has 1 N–H and O–H groups in total. The van der Waals surface area contributed by atoms with E-state index in [1.807, 2.05) is 4.90 Å². The van der Waals surface area contributed by atoms with Gasteiger partial charge in [-0.1, -0.05) is 6.07 Å². The lowest BCUT2D eigenvalue weighted by Crippen LogP contribution is -2.49. The zero-order chi connectivity index (χ0) is 17.2. The van der Waals surface area contributed by atoms with Crippen molar-refractivity contribution in [2.24, 2.45) is 0 Å². The molecule has 3 aromatic rings.